The molecule has 0 radical (unpaired) electrons. The first-order chi connectivity index (χ1) is 7.25. The van der Waals surface area contributed by atoms with Gasteiger partial charge in [-0.2, -0.15) is 0 Å². The number of hydrogen-bond donors (Lipinski definition) is 0. The molecule has 1 aromatic heterocycles. The number of piperidine rings is 1. The standard InChI is InChI=1S/C9H12BrN3O2/c10-8-4-7-13(11-8)15-9(14)12-5-2-1-3-6-12/h4,7H,1-3,5-6H2. The number of halogens is 1. The minimum Gasteiger partial charge on any atom is -0.306 e. The van der Waals surface area contributed by atoms with Crippen LogP contribution in [0.4, 0.5) is 4.79 Å². The topological polar surface area (TPSA) is 47.4 Å². The second-order valence-electron chi connectivity index (χ2n) is 3.45. The summed E-state index contributed by atoms with van der Waals surface area (Å²) in [5, 5.41) is 3.91. The first-order valence-corrected chi connectivity index (χ1v) is 5.73. The molecule has 6 heteroatoms. The molecule has 1 fully saturated rings. The van der Waals surface area contributed by atoms with E-state index < -0.39 is 0 Å². The van der Waals surface area contributed by atoms with Crippen molar-refractivity contribution in [2.24, 2.45) is 0 Å². The molecule has 5 nitrogen and oxygen atoms in total. The van der Waals surface area contributed by atoms with Crippen LogP contribution in [-0.4, -0.2) is 34.0 Å². The zero-order chi connectivity index (χ0) is 10.7. The fourth-order valence-electron chi connectivity index (χ4n) is 1.55. The van der Waals surface area contributed by atoms with Gasteiger partial charge in [-0.25, -0.2) is 4.79 Å². The minimum atomic E-state index is -0.328. The zero-order valence-corrected chi connectivity index (χ0v) is 9.81. The Morgan fingerprint density at radius 1 is 1.40 bits per heavy atom. The third-order valence-electron chi connectivity index (χ3n) is 2.32. The third-order valence-corrected chi connectivity index (χ3v) is 2.74. The summed E-state index contributed by atoms with van der Waals surface area (Å²) >= 11 is 3.18. The highest BCUT2D eigenvalue weighted by Crippen LogP contribution is 2.09. The quantitative estimate of drug-likeness (QED) is 0.782. The lowest BCUT2D eigenvalue weighted by atomic mass is 10.1. The van der Waals surface area contributed by atoms with Crippen molar-refractivity contribution in [3.05, 3.63) is 16.9 Å². The van der Waals surface area contributed by atoms with Crippen LogP contribution in [0.25, 0.3) is 0 Å². The summed E-state index contributed by atoms with van der Waals surface area (Å²) in [5.41, 5.74) is 0. The Bertz CT molecular complexity index is 347. The second-order valence-corrected chi connectivity index (χ2v) is 4.26. The summed E-state index contributed by atoms with van der Waals surface area (Å²) in [4.78, 5) is 19.5. The maximum absolute atomic E-state index is 11.6. The lowest BCUT2D eigenvalue weighted by Gasteiger charge is -2.24. The molecule has 0 atom stereocenters. The minimum absolute atomic E-state index is 0.328. The lowest BCUT2D eigenvalue weighted by Crippen LogP contribution is -2.40. The molecule has 82 valence electrons. The molecule has 0 spiro atoms. The molecule has 15 heavy (non-hydrogen) atoms. The van der Waals surface area contributed by atoms with E-state index >= 15 is 0 Å². The van der Waals surface area contributed by atoms with Crippen molar-refractivity contribution in [1.29, 1.82) is 0 Å². The summed E-state index contributed by atoms with van der Waals surface area (Å²) in [5.74, 6) is 0. The van der Waals surface area contributed by atoms with E-state index in [1.54, 1.807) is 17.2 Å². The van der Waals surface area contributed by atoms with Gasteiger partial charge < -0.3 is 4.90 Å². The SMILES string of the molecule is O=C(On1ccc(Br)n1)N1CCCCC1. The molecule has 1 aliphatic heterocycles. The van der Waals surface area contributed by atoms with Gasteiger partial charge in [0.2, 0.25) is 0 Å². The molecular formula is C9H12BrN3O2. The van der Waals surface area contributed by atoms with Crippen molar-refractivity contribution in [1.82, 2.24) is 14.8 Å². The van der Waals surface area contributed by atoms with Crippen molar-refractivity contribution in [3.63, 3.8) is 0 Å². The average Bonchev–Trinajstić information content (AvgIpc) is 2.65. The van der Waals surface area contributed by atoms with Gasteiger partial charge in [-0.05, 0) is 41.3 Å². The predicted molar refractivity (Wildman–Crippen MR) is 57.3 cm³/mol. The fraction of sp³-hybridized carbons (Fsp3) is 0.556. The van der Waals surface area contributed by atoms with E-state index in [0.29, 0.717) is 4.60 Å². The van der Waals surface area contributed by atoms with Gasteiger partial charge >= 0.3 is 6.09 Å². The van der Waals surface area contributed by atoms with Crippen LogP contribution in [-0.2, 0) is 0 Å². The number of carbonyl (C=O) groups excluding carboxylic acids is 1. The predicted octanol–water partition coefficient (Wildman–Crippen LogP) is 1.68. The van der Waals surface area contributed by atoms with E-state index in [1.807, 2.05) is 0 Å². The van der Waals surface area contributed by atoms with Gasteiger partial charge in [-0.3, -0.25) is 4.84 Å². The molecule has 0 unspecified atom stereocenters. The van der Waals surface area contributed by atoms with Gasteiger partial charge in [0.1, 0.15) is 4.60 Å². The van der Waals surface area contributed by atoms with E-state index in [1.165, 1.54) is 11.3 Å². The largest absolute Gasteiger partial charge is 0.435 e. The van der Waals surface area contributed by atoms with Gasteiger partial charge in [0.05, 0.1) is 6.20 Å². The number of rotatable bonds is 1. The van der Waals surface area contributed by atoms with Crippen LogP contribution in [0.5, 0.6) is 0 Å². The summed E-state index contributed by atoms with van der Waals surface area (Å²) in [6.07, 6.45) is 4.56. The average molecular weight is 274 g/mol. The molecule has 0 saturated carbocycles. The van der Waals surface area contributed by atoms with Crippen LogP contribution in [0, 0.1) is 0 Å². The second kappa shape index (κ2) is 4.65. The zero-order valence-electron chi connectivity index (χ0n) is 8.23. The normalized spacial score (nSPS) is 16.5. The van der Waals surface area contributed by atoms with E-state index in [4.69, 9.17) is 4.84 Å². The summed E-state index contributed by atoms with van der Waals surface area (Å²) < 4.78 is 0.647. The number of hydrogen-bond acceptors (Lipinski definition) is 3. The van der Waals surface area contributed by atoms with E-state index in [2.05, 4.69) is 21.0 Å². The Morgan fingerprint density at radius 2 is 2.13 bits per heavy atom. The first kappa shape index (κ1) is 10.5. The maximum atomic E-state index is 11.6. The van der Waals surface area contributed by atoms with E-state index in [9.17, 15) is 4.79 Å². The molecular weight excluding hydrogens is 262 g/mol. The Morgan fingerprint density at radius 3 is 2.73 bits per heavy atom. The highest BCUT2D eigenvalue weighted by molar-refractivity contribution is 9.10. The maximum Gasteiger partial charge on any atom is 0.435 e. The van der Waals surface area contributed by atoms with Gasteiger partial charge in [0.25, 0.3) is 0 Å². The van der Waals surface area contributed by atoms with Crippen molar-refractivity contribution in [2.75, 3.05) is 13.1 Å². The third kappa shape index (κ3) is 2.71. The van der Waals surface area contributed by atoms with Gasteiger partial charge in [-0.1, -0.05) is 4.85 Å². The van der Waals surface area contributed by atoms with Crippen LogP contribution < -0.4 is 4.84 Å². The van der Waals surface area contributed by atoms with Crippen molar-refractivity contribution < 1.29 is 9.63 Å². The number of carbonyl (C=O) groups is 1. The molecule has 2 rings (SSSR count). The van der Waals surface area contributed by atoms with E-state index in [-0.39, 0.29) is 6.09 Å². The summed E-state index contributed by atoms with van der Waals surface area (Å²) in [6.45, 7) is 1.56. The molecule has 0 bridgehead atoms. The molecule has 1 aliphatic rings. The number of aromatic nitrogens is 2. The fourth-order valence-corrected chi connectivity index (χ4v) is 1.83. The molecule has 1 amide bonds. The molecule has 0 aliphatic carbocycles. The van der Waals surface area contributed by atoms with Crippen LogP contribution in [0.15, 0.2) is 16.9 Å². The highest BCUT2D eigenvalue weighted by atomic mass is 79.9. The Hall–Kier alpha value is -1.04. The number of amides is 1. The molecule has 0 N–H and O–H groups in total. The highest BCUT2D eigenvalue weighted by Gasteiger charge is 2.18. The van der Waals surface area contributed by atoms with Crippen LogP contribution in [0.1, 0.15) is 19.3 Å². The molecule has 0 aromatic carbocycles. The Balaban J connectivity index is 1.91. The molecule has 1 aromatic rings. The van der Waals surface area contributed by atoms with Gasteiger partial charge in [-0.15, -0.1) is 5.10 Å². The monoisotopic (exact) mass is 273 g/mol. The van der Waals surface area contributed by atoms with Gasteiger partial charge in [0, 0.05) is 13.1 Å². The smallest absolute Gasteiger partial charge is 0.306 e. The van der Waals surface area contributed by atoms with Crippen molar-refractivity contribution >= 4 is 22.0 Å². The van der Waals surface area contributed by atoms with E-state index in [0.717, 1.165) is 25.9 Å². The van der Waals surface area contributed by atoms with Crippen molar-refractivity contribution in [3.8, 4) is 0 Å². The van der Waals surface area contributed by atoms with Crippen molar-refractivity contribution in [2.45, 2.75) is 19.3 Å². The molecule has 1 saturated heterocycles. The Labute approximate surface area is 96.1 Å². The first-order valence-electron chi connectivity index (χ1n) is 4.94. The van der Waals surface area contributed by atoms with Crippen LogP contribution in [0.2, 0.25) is 0 Å². The Kier molecular flexibility index (Phi) is 3.25. The van der Waals surface area contributed by atoms with Gasteiger partial charge in [0.15, 0.2) is 0 Å². The summed E-state index contributed by atoms with van der Waals surface area (Å²) in [6, 6.07) is 1.71. The molecule has 2 heterocycles. The number of likely N-dealkylation sites (tertiary alicyclic amines) is 1. The van der Waals surface area contributed by atoms with Crippen LogP contribution in [0.3, 0.4) is 0 Å². The number of nitrogens with zero attached hydrogens (tertiary/aromatic N) is 3. The van der Waals surface area contributed by atoms with Crippen LogP contribution >= 0.6 is 15.9 Å². The summed E-state index contributed by atoms with van der Waals surface area (Å²) in [7, 11) is 0. The lowest BCUT2D eigenvalue weighted by molar-refractivity contribution is 0.0727.